The predicted octanol–water partition coefficient (Wildman–Crippen LogP) is 1.09. The fourth-order valence-corrected chi connectivity index (χ4v) is 1.58. The summed E-state index contributed by atoms with van der Waals surface area (Å²) in [5.41, 5.74) is 6.10. The Bertz CT molecular complexity index is 576. The standard InChI is InChI=1S/C11H12ClN5O/c1-16(2)11-9(10(13)18)14-17(15-11)8-5-3-7(12)4-6-8/h3-6H,1-2H3,(H2,13,18). The van der Waals surface area contributed by atoms with Crippen molar-refractivity contribution >= 4 is 23.3 Å². The molecule has 2 N–H and O–H groups in total. The summed E-state index contributed by atoms with van der Waals surface area (Å²) in [7, 11) is 3.53. The maximum atomic E-state index is 11.3. The second kappa shape index (κ2) is 4.66. The number of amides is 1. The zero-order valence-electron chi connectivity index (χ0n) is 9.96. The van der Waals surface area contributed by atoms with Crippen LogP contribution < -0.4 is 10.6 Å². The van der Waals surface area contributed by atoms with E-state index in [1.807, 2.05) is 0 Å². The molecule has 6 nitrogen and oxygen atoms in total. The van der Waals surface area contributed by atoms with Gasteiger partial charge < -0.3 is 10.6 Å². The minimum absolute atomic E-state index is 0.134. The summed E-state index contributed by atoms with van der Waals surface area (Å²) in [6, 6.07) is 6.96. The van der Waals surface area contributed by atoms with E-state index in [1.54, 1.807) is 43.3 Å². The first-order valence-corrected chi connectivity index (χ1v) is 5.57. The number of hydrogen-bond donors (Lipinski definition) is 1. The van der Waals surface area contributed by atoms with Crippen LogP contribution in [0.2, 0.25) is 5.02 Å². The van der Waals surface area contributed by atoms with Crippen LogP contribution in [0, 0.1) is 0 Å². The SMILES string of the molecule is CN(C)c1nn(-c2ccc(Cl)cc2)nc1C(N)=O. The summed E-state index contributed by atoms with van der Waals surface area (Å²) in [4.78, 5) is 14.3. The van der Waals surface area contributed by atoms with Crippen molar-refractivity contribution in [2.24, 2.45) is 5.73 Å². The van der Waals surface area contributed by atoms with Gasteiger partial charge in [-0.3, -0.25) is 4.79 Å². The third kappa shape index (κ3) is 2.28. The second-order valence-electron chi connectivity index (χ2n) is 3.90. The van der Waals surface area contributed by atoms with Gasteiger partial charge in [0.1, 0.15) is 0 Å². The fourth-order valence-electron chi connectivity index (χ4n) is 1.45. The molecule has 0 saturated carbocycles. The number of nitrogens with two attached hydrogens (primary N) is 1. The van der Waals surface area contributed by atoms with Gasteiger partial charge in [-0.1, -0.05) is 11.6 Å². The Balaban J connectivity index is 2.49. The molecule has 1 aromatic heterocycles. The molecule has 0 fully saturated rings. The molecular weight excluding hydrogens is 254 g/mol. The number of nitrogens with zero attached hydrogens (tertiary/aromatic N) is 4. The molecule has 18 heavy (non-hydrogen) atoms. The van der Waals surface area contributed by atoms with Crippen LogP contribution in [0.1, 0.15) is 10.5 Å². The van der Waals surface area contributed by atoms with E-state index in [1.165, 1.54) is 4.80 Å². The van der Waals surface area contributed by atoms with Crippen LogP contribution in [0.25, 0.3) is 5.69 Å². The number of benzene rings is 1. The Morgan fingerprint density at radius 1 is 1.28 bits per heavy atom. The van der Waals surface area contributed by atoms with Crippen LogP contribution in [0.4, 0.5) is 5.82 Å². The van der Waals surface area contributed by atoms with Crippen molar-refractivity contribution in [3.8, 4) is 5.69 Å². The van der Waals surface area contributed by atoms with E-state index in [9.17, 15) is 4.79 Å². The summed E-state index contributed by atoms with van der Waals surface area (Å²) < 4.78 is 0. The van der Waals surface area contributed by atoms with E-state index in [4.69, 9.17) is 17.3 Å². The highest BCUT2D eigenvalue weighted by Crippen LogP contribution is 2.17. The smallest absolute Gasteiger partial charge is 0.273 e. The summed E-state index contributed by atoms with van der Waals surface area (Å²) >= 11 is 5.80. The van der Waals surface area contributed by atoms with Crippen molar-refractivity contribution in [3.63, 3.8) is 0 Å². The topological polar surface area (TPSA) is 77.0 Å². The van der Waals surface area contributed by atoms with Gasteiger partial charge in [0.25, 0.3) is 5.91 Å². The van der Waals surface area contributed by atoms with Gasteiger partial charge in [-0.15, -0.1) is 15.0 Å². The number of halogens is 1. The Morgan fingerprint density at radius 3 is 2.33 bits per heavy atom. The monoisotopic (exact) mass is 265 g/mol. The van der Waals surface area contributed by atoms with E-state index < -0.39 is 5.91 Å². The molecule has 0 saturated heterocycles. The number of rotatable bonds is 3. The second-order valence-corrected chi connectivity index (χ2v) is 4.33. The number of anilines is 1. The minimum Gasteiger partial charge on any atom is -0.364 e. The van der Waals surface area contributed by atoms with Gasteiger partial charge in [-0.2, -0.15) is 0 Å². The molecule has 2 aromatic rings. The molecule has 1 amide bonds. The van der Waals surface area contributed by atoms with Crippen molar-refractivity contribution in [2.45, 2.75) is 0 Å². The Hall–Kier alpha value is -2.08. The molecule has 7 heteroatoms. The number of carbonyl (C=O) groups is 1. The van der Waals surface area contributed by atoms with E-state index >= 15 is 0 Å². The fraction of sp³-hybridized carbons (Fsp3) is 0.182. The summed E-state index contributed by atoms with van der Waals surface area (Å²) in [5, 5.41) is 8.91. The van der Waals surface area contributed by atoms with Gasteiger partial charge in [0, 0.05) is 19.1 Å². The highest BCUT2D eigenvalue weighted by molar-refractivity contribution is 6.30. The summed E-state index contributed by atoms with van der Waals surface area (Å²) in [6.07, 6.45) is 0. The van der Waals surface area contributed by atoms with Crippen LogP contribution >= 0.6 is 11.6 Å². The van der Waals surface area contributed by atoms with Crippen molar-refractivity contribution in [3.05, 3.63) is 35.0 Å². The van der Waals surface area contributed by atoms with Gasteiger partial charge >= 0.3 is 0 Å². The zero-order valence-corrected chi connectivity index (χ0v) is 10.7. The van der Waals surface area contributed by atoms with Crippen LogP contribution in [-0.2, 0) is 0 Å². The van der Waals surface area contributed by atoms with Crippen molar-refractivity contribution in [1.82, 2.24) is 15.0 Å². The van der Waals surface area contributed by atoms with Crippen LogP contribution in [0.15, 0.2) is 24.3 Å². The van der Waals surface area contributed by atoms with Crippen molar-refractivity contribution < 1.29 is 4.79 Å². The normalized spacial score (nSPS) is 10.4. The van der Waals surface area contributed by atoms with Crippen LogP contribution in [0.5, 0.6) is 0 Å². The third-order valence-corrected chi connectivity index (χ3v) is 2.56. The van der Waals surface area contributed by atoms with E-state index in [-0.39, 0.29) is 5.69 Å². The first-order chi connectivity index (χ1) is 8.49. The summed E-state index contributed by atoms with van der Waals surface area (Å²) in [5.74, 6) is -0.184. The lowest BCUT2D eigenvalue weighted by molar-refractivity contribution is 0.0995. The molecule has 0 atom stereocenters. The average Bonchev–Trinajstić information content (AvgIpc) is 2.75. The molecular formula is C11H12ClN5O. The number of carbonyl (C=O) groups excluding carboxylic acids is 1. The van der Waals surface area contributed by atoms with Gasteiger partial charge in [0.15, 0.2) is 11.5 Å². The molecule has 1 aromatic carbocycles. The quantitative estimate of drug-likeness (QED) is 0.901. The Morgan fingerprint density at radius 2 is 1.89 bits per heavy atom. The van der Waals surface area contributed by atoms with Crippen molar-refractivity contribution in [1.29, 1.82) is 0 Å². The molecule has 2 rings (SSSR count). The zero-order chi connectivity index (χ0) is 13.3. The van der Waals surface area contributed by atoms with Gasteiger partial charge in [-0.25, -0.2) is 0 Å². The lowest BCUT2D eigenvalue weighted by Gasteiger charge is -2.07. The third-order valence-electron chi connectivity index (χ3n) is 2.31. The largest absolute Gasteiger partial charge is 0.364 e. The average molecular weight is 266 g/mol. The minimum atomic E-state index is -0.612. The Kier molecular flexibility index (Phi) is 3.20. The number of hydrogen-bond acceptors (Lipinski definition) is 4. The van der Waals surface area contributed by atoms with E-state index in [2.05, 4.69) is 10.2 Å². The maximum absolute atomic E-state index is 11.3. The predicted molar refractivity (Wildman–Crippen MR) is 69.2 cm³/mol. The highest BCUT2D eigenvalue weighted by Gasteiger charge is 2.18. The van der Waals surface area contributed by atoms with Gasteiger partial charge in [0.2, 0.25) is 0 Å². The molecule has 0 aliphatic heterocycles. The first kappa shape index (κ1) is 12.4. The van der Waals surface area contributed by atoms with E-state index in [0.717, 1.165) is 0 Å². The molecule has 1 heterocycles. The van der Waals surface area contributed by atoms with Gasteiger partial charge in [0.05, 0.1) is 5.69 Å². The van der Waals surface area contributed by atoms with Crippen molar-refractivity contribution in [2.75, 3.05) is 19.0 Å². The Labute approximate surface area is 109 Å². The molecule has 0 bridgehead atoms. The molecule has 94 valence electrons. The highest BCUT2D eigenvalue weighted by atomic mass is 35.5. The molecule has 0 radical (unpaired) electrons. The van der Waals surface area contributed by atoms with Gasteiger partial charge in [-0.05, 0) is 24.3 Å². The lowest BCUT2D eigenvalue weighted by atomic mass is 10.3. The number of aromatic nitrogens is 3. The lowest BCUT2D eigenvalue weighted by Crippen LogP contribution is -2.18. The van der Waals surface area contributed by atoms with Crippen LogP contribution in [0.3, 0.4) is 0 Å². The molecule has 0 unspecified atom stereocenters. The van der Waals surface area contributed by atoms with E-state index in [0.29, 0.717) is 16.5 Å². The summed E-state index contributed by atoms with van der Waals surface area (Å²) in [6.45, 7) is 0. The maximum Gasteiger partial charge on any atom is 0.273 e. The molecule has 0 aliphatic rings. The van der Waals surface area contributed by atoms with Crippen LogP contribution in [-0.4, -0.2) is 35.0 Å². The first-order valence-electron chi connectivity index (χ1n) is 5.19. The number of primary amides is 1. The molecule has 0 spiro atoms. The molecule has 0 aliphatic carbocycles.